The van der Waals surface area contributed by atoms with Gasteiger partial charge in [0.05, 0.1) is 0 Å². The van der Waals surface area contributed by atoms with E-state index in [0.717, 1.165) is 18.5 Å². The predicted octanol–water partition coefficient (Wildman–Crippen LogP) is 5.06. The quantitative estimate of drug-likeness (QED) is 0.790. The summed E-state index contributed by atoms with van der Waals surface area (Å²) in [5.74, 6) is 1.00. The van der Waals surface area contributed by atoms with Gasteiger partial charge in [0, 0.05) is 12.6 Å². The van der Waals surface area contributed by atoms with Crippen LogP contribution in [0.5, 0.6) is 0 Å². The van der Waals surface area contributed by atoms with Crippen LogP contribution in [0, 0.1) is 26.7 Å². The highest BCUT2D eigenvalue weighted by Crippen LogP contribution is 2.28. The largest absolute Gasteiger partial charge is 0.310 e. The number of benzene rings is 1. The van der Waals surface area contributed by atoms with Crippen molar-refractivity contribution in [2.24, 2.45) is 5.92 Å². The first-order valence-corrected chi connectivity index (χ1v) is 8.40. The lowest BCUT2D eigenvalue weighted by Gasteiger charge is -2.29. The highest BCUT2D eigenvalue weighted by molar-refractivity contribution is 5.37. The van der Waals surface area contributed by atoms with Crippen molar-refractivity contribution >= 4 is 0 Å². The Morgan fingerprint density at radius 1 is 1.00 bits per heavy atom. The Hall–Kier alpha value is -0.820. The SMILES string of the molecule is CCCC1CCC(NCc2c(C)cc(C)cc2C)CC1. The molecule has 0 spiro atoms. The molecule has 20 heavy (non-hydrogen) atoms. The molecule has 0 bridgehead atoms. The van der Waals surface area contributed by atoms with Crippen molar-refractivity contribution in [1.29, 1.82) is 0 Å². The molecule has 0 atom stereocenters. The maximum Gasteiger partial charge on any atom is 0.0213 e. The Morgan fingerprint density at radius 3 is 2.15 bits per heavy atom. The lowest BCUT2D eigenvalue weighted by Crippen LogP contribution is -2.33. The Kier molecular flexibility index (Phi) is 5.65. The fourth-order valence-corrected chi connectivity index (χ4v) is 3.80. The van der Waals surface area contributed by atoms with Crippen LogP contribution in [0.3, 0.4) is 0 Å². The summed E-state index contributed by atoms with van der Waals surface area (Å²) in [7, 11) is 0. The normalized spacial score (nSPS) is 23.0. The van der Waals surface area contributed by atoms with E-state index in [1.165, 1.54) is 60.8 Å². The molecule has 0 unspecified atom stereocenters. The molecule has 1 aliphatic rings. The Bertz CT molecular complexity index is 404. The Labute approximate surface area is 125 Å². The molecule has 2 rings (SSSR count). The van der Waals surface area contributed by atoms with Crippen LogP contribution < -0.4 is 5.32 Å². The second-order valence-electron chi connectivity index (χ2n) is 6.76. The van der Waals surface area contributed by atoms with Crippen molar-refractivity contribution in [3.63, 3.8) is 0 Å². The highest BCUT2D eigenvalue weighted by atomic mass is 14.9. The zero-order chi connectivity index (χ0) is 14.5. The van der Waals surface area contributed by atoms with Crippen LogP contribution in [0.25, 0.3) is 0 Å². The third-order valence-corrected chi connectivity index (χ3v) is 4.95. The third kappa shape index (κ3) is 4.09. The predicted molar refractivity (Wildman–Crippen MR) is 88.1 cm³/mol. The first-order chi connectivity index (χ1) is 9.60. The standard InChI is InChI=1S/C19H31N/c1-5-6-17-7-9-18(10-8-17)20-13-19-15(3)11-14(2)12-16(19)4/h11-12,17-18,20H,5-10,13H2,1-4H3. The molecule has 1 N–H and O–H groups in total. The van der Waals surface area contributed by atoms with Gasteiger partial charge in [-0.2, -0.15) is 0 Å². The van der Waals surface area contributed by atoms with E-state index >= 15 is 0 Å². The van der Waals surface area contributed by atoms with Gasteiger partial charge in [-0.05, 0) is 69.1 Å². The van der Waals surface area contributed by atoms with Gasteiger partial charge >= 0.3 is 0 Å². The van der Waals surface area contributed by atoms with E-state index < -0.39 is 0 Å². The summed E-state index contributed by atoms with van der Waals surface area (Å²) in [6.45, 7) is 10.0. The number of rotatable bonds is 5. The summed E-state index contributed by atoms with van der Waals surface area (Å²) in [4.78, 5) is 0. The van der Waals surface area contributed by atoms with Crippen molar-refractivity contribution in [2.75, 3.05) is 0 Å². The van der Waals surface area contributed by atoms with E-state index in [-0.39, 0.29) is 0 Å². The molecule has 0 aliphatic heterocycles. The first-order valence-electron chi connectivity index (χ1n) is 8.40. The molecule has 0 radical (unpaired) electrons. The molecule has 0 saturated heterocycles. The number of aryl methyl sites for hydroxylation is 3. The van der Waals surface area contributed by atoms with Crippen LogP contribution in [0.15, 0.2) is 12.1 Å². The molecule has 0 amide bonds. The van der Waals surface area contributed by atoms with Crippen LogP contribution in [-0.4, -0.2) is 6.04 Å². The maximum atomic E-state index is 3.80. The smallest absolute Gasteiger partial charge is 0.0213 e. The van der Waals surface area contributed by atoms with Crippen LogP contribution >= 0.6 is 0 Å². The highest BCUT2D eigenvalue weighted by Gasteiger charge is 2.20. The molecule has 1 aromatic carbocycles. The fourth-order valence-electron chi connectivity index (χ4n) is 3.80. The average molecular weight is 273 g/mol. The van der Waals surface area contributed by atoms with Gasteiger partial charge in [0.15, 0.2) is 0 Å². The lowest BCUT2D eigenvalue weighted by atomic mass is 9.83. The summed E-state index contributed by atoms with van der Waals surface area (Å²) < 4.78 is 0. The van der Waals surface area contributed by atoms with Gasteiger partial charge in [-0.15, -0.1) is 0 Å². The van der Waals surface area contributed by atoms with Gasteiger partial charge in [0.25, 0.3) is 0 Å². The zero-order valence-electron chi connectivity index (χ0n) is 13.8. The van der Waals surface area contributed by atoms with Crippen LogP contribution in [-0.2, 0) is 6.54 Å². The minimum absolute atomic E-state index is 0.739. The molecule has 1 saturated carbocycles. The van der Waals surface area contributed by atoms with Gasteiger partial charge < -0.3 is 5.32 Å². The molecule has 1 fully saturated rings. The maximum absolute atomic E-state index is 3.80. The lowest BCUT2D eigenvalue weighted by molar-refractivity contribution is 0.277. The molecular weight excluding hydrogens is 242 g/mol. The monoisotopic (exact) mass is 273 g/mol. The van der Waals surface area contributed by atoms with Crippen LogP contribution in [0.1, 0.15) is 67.7 Å². The van der Waals surface area contributed by atoms with E-state index in [9.17, 15) is 0 Å². The first kappa shape index (κ1) is 15.6. The second-order valence-corrected chi connectivity index (χ2v) is 6.76. The van der Waals surface area contributed by atoms with Crippen molar-refractivity contribution in [3.05, 3.63) is 34.4 Å². The van der Waals surface area contributed by atoms with E-state index in [1.807, 2.05) is 0 Å². The third-order valence-electron chi connectivity index (χ3n) is 4.95. The van der Waals surface area contributed by atoms with E-state index in [1.54, 1.807) is 0 Å². The molecule has 1 aliphatic carbocycles. The summed E-state index contributed by atoms with van der Waals surface area (Å²) >= 11 is 0. The molecule has 0 aromatic heterocycles. The van der Waals surface area contributed by atoms with Crippen LogP contribution in [0.4, 0.5) is 0 Å². The van der Waals surface area contributed by atoms with Crippen molar-refractivity contribution in [2.45, 2.75) is 78.8 Å². The number of hydrogen-bond donors (Lipinski definition) is 1. The number of nitrogens with one attached hydrogen (secondary N) is 1. The van der Waals surface area contributed by atoms with E-state index in [4.69, 9.17) is 0 Å². The summed E-state index contributed by atoms with van der Waals surface area (Å²) in [5.41, 5.74) is 5.76. The molecule has 0 heterocycles. The van der Waals surface area contributed by atoms with E-state index in [0.29, 0.717) is 0 Å². The molecular formula is C19H31N. The topological polar surface area (TPSA) is 12.0 Å². The molecule has 1 aromatic rings. The van der Waals surface area contributed by atoms with Crippen molar-refractivity contribution < 1.29 is 0 Å². The summed E-state index contributed by atoms with van der Waals surface area (Å²) in [6, 6.07) is 5.35. The van der Waals surface area contributed by atoms with Crippen LogP contribution in [0.2, 0.25) is 0 Å². The van der Waals surface area contributed by atoms with Gasteiger partial charge in [-0.1, -0.05) is 37.5 Å². The Balaban J connectivity index is 1.85. The van der Waals surface area contributed by atoms with Gasteiger partial charge in [0.1, 0.15) is 0 Å². The van der Waals surface area contributed by atoms with E-state index in [2.05, 4.69) is 45.1 Å². The minimum Gasteiger partial charge on any atom is -0.310 e. The Morgan fingerprint density at radius 2 is 1.60 bits per heavy atom. The molecule has 112 valence electrons. The minimum atomic E-state index is 0.739. The van der Waals surface area contributed by atoms with Gasteiger partial charge in [-0.3, -0.25) is 0 Å². The fraction of sp³-hybridized carbons (Fsp3) is 0.684. The van der Waals surface area contributed by atoms with Gasteiger partial charge in [-0.25, -0.2) is 0 Å². The van der Waals surface area contributed by atoms with Crippen molar-refractivity contribution in [1.82, 2.24) is 5.32 Å². The summed E-state index contributed by atoms with van der Waals surface area (Å²) in [6.07, 6.45) is 8.38. The zero-order valence-corrected chi connectivity index (χ0v) is 13.8. The molecule has 1 heteroatoms. The molecule has 1 nitrogen and oxygen atoms in total. The number of hydrogen-bond acceptors (Lipinski definition) is 1. The van der Waals surface area contributed by atoms with Gasteiger partial charge in [0.2, 0.25) is 0 Å². The summed E-state index contributed by atoms with van der Waals surface area (Å²) in [5, 5.41) is 3.80. The second kappa shape index (κ2) is 7.26. The van der Waals surface area contributed by atoms with Crippen molar-refractivity contribution in [3.8, 4) is 0 Å². The average Bonchev–Trinajstić information content (AvgIpc) is 2.39.